The first kappa shape index (κ1) is 17.9. The molecule has 0 unspecified atom stereocenters. The molecule has 1 saturated heterocycles. The zero-order valence-electron chi connectivity index (χ0n) is 16.5. The molecule has 0 aliphatic carbocycles. The van der Waals surface area contributed by atoms with E-state index in [1.54, 1.807) is 0 Å². The van der Waals surface area contributed by atoms with Gasteiger partial charge in [0.05, 0.1) is 12.2 Å². The summed E-state index contributed by atoms with van der Waals surface area (Å²) in [5, 5.41) is 8.54. The van der Waals surface area contributed by atoms with E-state index < -0.39 is 0 Å². The van der Waals surface area contributed by atoms with E-state index in [2.05, 4.69) is 90.2 Å². The molecule has 4 aromatic carbocycles. The number of hydrogen-bond donors (Lipinski definition) is 1. The number of carbonyl (C=O) groups is 1. The van der Waals surface area contributed by atoms with Gasteiger partial charge in [0.2, 0.25) is 5.91 Å². The van der Waals surface area contributed by atoms with Gasteiger partial charge in [0, 0.05) is 13.5 Å². The van der Waals surface area contributed by atoms with Crippen LogP contribution in [-0.2, 0) is 17.6 Å². The van der Waals surface area contributed by atoms with Gasteiger partial charge in [-0.3, -0.25) is 10.1 Å². The van der Waals surface area contributed by atoms with E-state index in [0.717, 1.165) is 6.42 Å². The SMILES string of the molecule is CN1C(=O)[C@H](Cc2cccc3ccccc23)N[C@H]1Cc1cccc2ccccc12. The molecule has 29 heavy (non-hydrogen) atoms. The van der Waals surface area contributed by atoms with Crippen LogP contribution in [0.3, 0.4) is 0 Å². The number of fused-ring (bicyclic) bond motifs is 2. The summed E-state index contributed by atoms with van der Waals surface area (Å²) in [5.74, 6) is 0.170. The predicted octanol–water partition coefficient (Wildman–Crippen LogP) is 4.53. The van der Waals surface area contributed by atoms with Crippen molar-refractivity contribution in [3.05, 3.63) is 96.1 Å². The van der Waals surface area contributed by atoms with Gasteiger partial charge in [-0.05, 0) is 39.1 Å². The lowest BCUT2D eigenvalue weighted by molar-refractivity contribution is -0.128. The van der Waals surface area contributed by atoms with Crippen LogP contribution in [0.5, 0.6) is 0 Å². The number of likely N-dealkylation sites (N-methyl/N-ethyl adjacent to an activating group) is 1. The Morgan fingerprint density at radius 2 is 1.24 bits per heavy atom. The zero-order valence-corrected chi connectivity index (χ0v) is 16.5. The van der Waals surface area contributed by atoms with E-state index in [1.807, 2.05) is 11.9 Å². The Hall–Kier alpha value is -3.17. The Morgan fingerprint density at radius 3 is 1.86 bits per heavy atom. The van der Waals surface area contributed by atoms with Crippen LogP contribution < -0.4 is 5.32 Å². The van der Waals surface area contributed by atoms with Crippen molar-refractivity contribution in [1.82, 2.24) is 10.2 Å². The minimum absolute atomic E-state index is 0.00767. The monoisotopic (exact) mass is 380 g/mol. The van der Waals surface area contributed by atoms with Crippen LogP contribution >= 0.6 is 0 Å². The summed E-state index contributed by atoms with van der Waals surface area (Å²) >= 11 is 0. The molecule has 3 nitrogen and oxygen atoms in total. The molecule has 1 aliphatic rings. The molecular weight excluding hydrogens is 356 g/mol. The maximum atomic E-state index is 13.0. The first-order chi connectivity index (χ1) is 14.2. The molecule has 1 heterocycles. The number of rotatable bonds is 4. The van der Waals surface area contributed by atoms with Crippen LogP contribution in [0.1, 0.15) is 11.1 Å². The van der Waals surface area contributed by atoms with Crippen molar-refractivity contribution < 1.29 is 4.79 Å². The molecule has 0 spiro atoms. The fourth-order valence-electron chi connectivity index (χ4n) is 4.53. The molecule has 1 N–H and O–H groups in total. The minimum Gasteiger partial charge on any atom is -0.329 e. The van der Waals surface area contributed by atoms with Crippen molar-refractivity contribution in [3.63, 3.8) is 0 Å². The summed E-state index contributed by atoms with van der Waals surface area (Å²) in [4.78, 5) is 14.8. The number of nitrogens with one attached hydrogen (secondary N) is 1. The summed E-state index contributed by atoms with van der Waals surface area (Å²) in [7, 11) is 1.91. The second-order valence-corrected chi connectivity index (χ2v) is 7.87. The van der Waals surface area contributed by atoms with Crippen LogP contribution in [0.25, 0.3) is 21.5 Å². The molecule has 2 atom stereocenters. The van der Waals surface area contributed by atoms with E-state index in [4.69, 9.17) is 0 Å². The lowest BCUT2D eigenvalue weighted by Crippen LogP contribution is -2.37. The molecule has 0 radical (unpaired) electrons. The van der Waals surface area contributed by atoms with Crippen LogP contribution in [0.2, 0.25) is 0 Å². The van der Waals surface area contributed by atoms with Gasteiger partial charge >= 0.3 is 0 Å². The summed E-state index contributed by atoms with van der Waals surface area (Å²) in [6.07, 6.45) is 1.51. The van der Waals surface area contributed by atoms with Crippen molar-refractivity contribution in [2.24, 2.45) is 0 Å². The Balaban J connectivity index is 1.39. The van der Waals surface area contributed by atoms with Crippen LogP contribution in [0.15, 0.2) is 84.9 Å². The fraction of sp³-hybridized carbons (Fsp3) is 0.192. The Kier molecular flexibility index (Phi) is 4.53. The highest BCUT2D eigenvalue weighted by molar-refractivity contribution is 5.89. The summed E-state index contributed by atoms with van der Waals surface area (Å²) in [6, 6.07) is 29.4. The van der Waals surface area contributed by atoms with Crippen molar-refractivity contribution in [1.29, 1.82) is 0 Å². The molecule has 4 aromatic rings. The molecule has 1 aliphatic heterocycles. The molecule has 3 heteroatoms. The summed E-state index contributed by atoms with van der Waals surface area (Å²) < 4.78 is 0. The minimum atomic E-state index is -0.189. The van der Waals surface area contributed by atoms with Gasteiger partial charge < -0.3 is 4.90 Å². The van der Waals surface area contributed by atoms with Crippen molar-refractivity contribution in [3.8, 4) is 0 Å². The van der Waals surface area contributed by atoms with Crippen molar-refractivity contribution in [2.75, 3.05) is 7.05 Å². The van der Waals surface area contributed by atoms with Gasteiger partial charge in [-0.15, -0.1) is 0 Å². The van der Waals surface area contributed by atoms with Gasteiger partial charge in [-0.25, -0.2) is 0 Å². The smallest absolute Gasteiger partial charge is 0.241 e. The quantitative estimate of drug-likeness (QED) is 0.564. The molecule has 144 valence electrons. The van der Waals surface area contributed by atoms with E-state index in [1.165, 1.54) is 32.7 Å². The van der Waals surface area contributed by atoms with Gasteiger partial charge in [-0.1, -0.05) is 84.9 Å². The topological polar surface area (TPSA) is 32.3 Å². The van der Waals surface area contributed by atoms with Gasteiger partial charge in [-0.2, -0.15) is 0 Å². The molecule has 0 saturated carbocycles. The molecule has 0 bridgehead atoms. The predicted molar refractivity (Wildman–Crippen MR) is 119 cm³/mol. The first-order valence-corrected chi connectivity index (χ1v) is 10.2. The highest BCUT2D eigenvalue weighted by Gasteiger charge is 2.36. The standard InChI is InChI=1S/C26H24N2O/c1-28-25(17-21-13-7-11-19-9-3-5-15-23(19)21)27-24(26(28)29)16-20-12-6-10-18-8-2-4-14-22(18)20/h2-15,24-25,27H,16-17H2,1H3/t24-,25+/m0/s1. The van der Waals surface area contributed by atoms with Gasteiger partial charge in [0.15, 0.2) is 0 Å². The second-order valence-electron chi connectivity index (χ2n) is 7.87. The molecule has 1 fully saturated rings. The third-order valence-corrected chi connectivity index (χ3v) is 6.10. The third kappa shape index (κ3) is 3.28. The lowest BCUT2D eigenvalue weighted by atomic mass is 9.98. The summed E-state index contributed by atoms with van der Waals surface area (Å²) in [6.45, 7) is 0. The maximum absolute atomic E-state index is 13.0. The van der Waals surface area contributed by atoms with E-state index in [9.17, 15) is 4.79 Å². The maximum Gasteiger partial charge on any atom is 0.241 e. The molecule has 0 aromatic heterocycles. The van der Waals surface area contributed by atoms with Crippen molar-refractivity contribution >= 4 is 27.5 Å². The van der Waals surface area contributed by atoms with Crippen LogP contribution in [0.4, 0.5) is 0 Å². The average molecular weight is 380 g/mol. The first-order valence-electron chi connectivity index (χ1n) is 10.2. The number of nitrogens with zero attached hydrogens (tertiary/aromatic N) is 1. The lowest BCUT2D eigenvalue weighted by Gasteiger charge is -2.20. The van der Waals surface area contributed by atoms with Gasteiger partial charge in [0.25, 0.3) is 0 Å². The van der Waals surface area contributed by atoms with E-state index in [0.29, 0.717) is 6.42 Å². The van der Waals surface area contributed by atoms with E-state index >= 15 is 0 Å². The Morgan fingerprint density at radius 1 is 0.724 bits per heavy atom. The summed E-state index contributed by atoms with van der Waals surface area (Å²) in [5.41, 5.74) is 2.49. The zero-order chi connectivity index (χ0) is 19.8. The number of amides is 1. The third-order valence-electron chi connectivity index (χ3n) is 6.10. The number of hydrogen-bond acceptors (Lipinski definition) is 2. The number of benzene rings is 4. The Labute approximate surface area is 171 Å². The largest absolute Gasteiger partial charge is 0.329 e. The highest BCUT2D eigenvalue weighted by Crippen LogP contribution is 2.25. The van der Waals surface area contributed by atoms with Crippen molar-refractivity contribution in [2.45, 2.75) is 25.0 Å². The Bertz CT molecular complexity index is 1190. The van der Waals surface area contributed by atoms with E-state index in [-0.39, 0.29) is 18.1 Å². The molecular formula is C26H24N2O. The second kappa shape index (κ2) is 7.34. The fourth-order valence-corrected chi connectivity index (χ4v) is 4.53. The molecule has 5 rings (SSSR count). The van der Waals surface area contributed by atoms with Crippen LogP contribution in [-0.4, -0.2) is 30.1 Å². The highest BCUT2D eigenvalue weighted by atomic mass is 16.2. The molecule has 1 amide bonds. The van der Waals surface area contributed by atoms with Gasteiger partial charge in [0.1, 0.15) is 0 Å². The number of carbonyl (C=O) groups excluding carboxylic acids is 1. The van der Waals surface area contributed by atoms with Crippen LogP contribution in [0, 0.1) is 0 Å². The normalized spacial score (nSPS) is 19.3. The average Bonchev–Trinajstić information content (AvgIpc) is 3.02.